The molecule has 86 valence electrons. The van der Waals surface area contributed by atoms with Gasteiger partial charge in [0.15, 0.2) is 6.04 Å². The van der Waals surface area contributed by atoms with Gasteiger partial charge in [-0.05, 0) is 6.07 Å². The van der Waals surface area contributed by atoms with Gasteiger partial charge in [-0.3, -0.25) is 0 Å². The van der Waals surface area contributed by atoms with Gasteiger partial charge in [-0.15, -0.1) is 5.12 Å². The number of halogens is 4. The number of carbonyl (C=O) groups is 1. The summed E-state index contributed by atoms with van der Waals surface area (Å²) in [7, 11) is 0. The van der Waals surface area contributed by atoms with E-state index in [0.29, 0.717) is 0 Å². The number of urea groups is 1. The Bertz CT molecular complexity index is 432. The summed E-state index contributed by atoms with van der Waals surface area (Å²) in [6.07, 6.45) is -4.65. The maximum absolute atomic E-state index is 13.2. The Hall–Kier alpha value is -1.79. The fraction of sp³-hybridized carbons (Fsp3) is 0.222. The van der Waals surface area contributed by atoms with E-state index in [4.69, 9.17) is 0 Å². The van der Waals surface area contributed by atoms with Crippen molar-refractivity contribution in [2.24, 2.45) is 0 Å². The van der Waals surface area contributed by atoms with Crippen molar-refractivity contribution in [1.82, 2.24) is 5.32 Å². The second-order valence-electron chi connectivity index (χ2n) is 3.26. The minimum Gasteiger partial charge on any atom is -0.320 e. The van der Waals surface area contributed by atoms with Crippen molar-refractivity contribution in [2.75, 3.05) is 5.12 Å². The van der Waals surface area contributed by atoms with Crippen molar-refractivity contribution in [3.8, 4) is 0 Å². The molecule has 1 aliphatic heterocycles. The van der Waals surface area contributed by atoms with Crippen molar-refractivity contribution in [1.29, 1.82) is 0 Å². The third-order valence-electron chi connectivity index (χ3n) is 2.23. The molecule has 1 aliphatic rings. The fourth-order valence-electron chi connectivity index (χ4n) is 1.54. The van der Waals surface area contributed by atoms with Crippen LogP contribution < -0.4 is 10.4 Å². The van der Waals surface area contributed by atoms with Crippen LogP contribution in [0.1, 0.15) is 11.6 Å². The highest BCUT2D eigenvalue weighted by molar-refractivity contribution is 5.93. The standard InChI is InChI=1S/C9H6F4N2O/c10-9(11,12)7-5-3-1-2-4-6(5)15(13)8(16)14-7/h1-4,7H,(H,14,16). The lowest BCUT2D eigenvalue weighted by Crippen LogP contribution is -2.47. The molecule has 16 heavy (non-hydrogen) atoms. The Balaban J connectivity index is 2.53. The van der Waals surface area contributed by atoms with Crippen LogP contribution in [0.3, 0.4) is 0 Å². The first-order valence-corrected chi connectivity index (χ1v) is 4.33. The van der Waals surface area contributed by atoms with E-state index in [2.05, 4.69) is 0 Å². The molecule has 1 atom stereocenters. The highest BCUT2D eigenvalue weighted by Gasteiger charge is 2.47. The summed E-state index contributed by atoms with van der Waals surface area (Å²) in [4.78, 5) is 11.0. The summed E-state index contributed by atoms with van der Waals surface area (Å²) < 4.78 is 50.9. The van der Waals surface area contributed by atoms with Crippen LogP contribution in [0.4, 0.5) is 28.1 Å². The van der Waals surface area contributed by atoms with Gasteiger partial charge in [0, 0.05) is 5.56 Å². The van der Waals surface area contributed by atoms with Gasteiger partial charge in [-0.1, -0.05) is 22.7 Å². The number of nitrogens with zero attached hydrogens (tertiary/aromatic N) is 1. The molecule has 1 heterocycles. The molecule has 1 aromatic carbocycles. The van der Waals surface area contributed by atoms with Crippen molar-refractivity contribution in [3.63, 3.8) is 0 Å². The first-order chi connectivity index (χ1) is 7.41. The zero-order valence-electron chi connectivity index (χ0n) is 7.75. The maximum atomic E-state index is 13.2. The van der Waals surface area contributed by atoms with Crippen LogP contribution >= 0.6 is 0 Å². The van der Waals surface area contributed by atoms with Crippen LogP contribution in [-0.2, 0) is 0 Å². The van der Waals surface area contributed by atoms with Gasteiger partial charge in [-0.2, -0.15) is 13.2 Å². The molecule has 3 nitrogen and oxygen atoms in total. The Morgan fingerprint density at radius 1 is 1.25 bits per heavy atom. The summed E-state index contributed by atoms with van der Waals surface area (Å²) in [6, 6.07) is 1.37. The molecule has 1 N–H and O–H groups in total. The molecule has 0 bridgehead atoms. The van der Waals surface area contributed by atoms with Gasteiger partial charge >= 0.3 is 12.2 Å². The number of anilines is 1. The van der Waals surface area contributed by atoms with Gasteiger partial charge in [0.2, 0.25) is 0 Å². The number of hydrogen-bond acceptors (Lipinski definition) is 1. The van der Waals surface area contributed by atoms with Crippen molar-refractivity contribution in [3.05, 3.63) is 29.8 Å². The maximum Gasteiger partial charge on any atom is 0.413 e. The lowest BCUT2D eigenvalue weighted by atomic mass is 10.0. The molecule has 2 amide bonds. The van der Waals surface area contributed by atoms with Gasteiger partial charge in [0.25, 0.3) is 0 Å². The lowest BCUT2D eigenvalue weighted by Gasteiger charge is -2.30. The summed E-state index contributed by atoms with van der Waals surface area (Å²) >= 11 is 0. The van der Waals surface area contributed by atoms with Crippen LogP contribution in [0.2, 0.25) is 0 Å². The molecule has 0 aromatic heterocycles. The highest BCUT2D eigenvalue weighted by atomic mass is 19.4. The van der Waals surface area contributed by atoms with Crippen LogP contribution in [0.15, 0.2) is 24.3 Å². The molecule has 0 fully saturated rings. The third-order valence-corrected chi connectivity index (χ3v) is 2.23. The monoisotopic (exact) mass is 234 g/mol. The number of nitrogens with one attached hydrogen (secondary N) is 1. The quantitative estimate of drug-likeness (QED) is 0.543. The zero-order chi connectivity index (χ0) is 11.9. The van der Waals surface area contributed by atoms with Gasteiger partial charge < -0.3 is 5.32 Å². The number of benzene rings is 1. The SMILES string of the molecule is O=C1NC(C(F)(F)F)c2ccccc2N1F. The highest BCUT2D eigenvalue weighted by Crippen LogP contribution is 2.40. The summed E-state index contributed by atoms with van der Waals surface area (Å²) in [5, 5.41) is 1.21. The Labute approximate surface area is 87.6 Å². The van der Waals surface area contributed by atoms with Gasteiger partial charge in [0.05, 0.1) is 5.69 Å². The molecular weight excluding hydrogens is 228 g/mol. The van der Waals surface area contributed by atoms with E-state index in [9.17, 15) is 22.4 Å². The molecule has 0 radical (unpaired) electrons. The lowest BCUT2D eigenvalue weighted by molar-refractivity contribution is -0.155. The number of amides is 2. The Kier molecular flexibility index (Phi) is 2.25. The van der Waals surface area contributed by atoms with E-state index in [0.717, 1.165) is 12.1 Å². The topological polar surface area (TPSA) is 32.3 Å². The second-order valence-corrected chi connectivity index (χ2v) is 3.26. The van der Waals surface area contributed by atoms with E-state index in [1.165, 1.54) is 12.1 Å². The van der Waals surface area contributed by atoms with E-state index >= 15 is 0 Å². The van der Waals surface area contributed by atoms with E-state index in [1.54, 1.807) is 5.32 Å². The molecule has 0 spiro atoms. The molecule has 1 aromatic rings. The number of rotatable bonds is 0. The first kappa shape index (κ1) is 10.7. The number of fused-ring (bicyclic) bond motifs is 1. The molecule has 2 rings (SSSR count). The number of alkyl halides is 3. The predicted octanol–water partition coefficient (Wildman–Crippen LogP) is 2.70. The van der Waals surface area contributed by atoms with Crippen molar-refractivity contribution in [2.45, 2.75) is 12.2 Å². The number of para-hydroxylation sites is 1. The second kappa shape index (κ2) is 3.36. The first-order valence-electron chi connectivity index (χ1n) is 4.33. The van der Waals surface area contributed by atoms with Crippen LogP contribution in [0, 0.1) is 0 Å². The van der Waals surface area contributed by atoms with Crippen LogP contribution in [-0.4, -0.2) is 12.2 Å². The Morgan fingerprint density at radius 3 is 2.50 bits per heavy atom. The van der Waals surface area contributed by atoms with Crippen molar-refractivity contribution >= 4 is 11.7 Å². The summed E-state index contributed by atoms with van der Waals surface area (Å²) in [5.41, 5.74) is -0.689. The Morgan fingerprint density at radius 2 is 1.88 bits per heavy atom. The normalized spacial score (nSPS) is 20.4. The van der Waals surface area contributed by atoms with E-state index in [1.807, 2.05) is 0 Å². The smallest absolute Gasteiger partial charge is 0.320 e. The van der Waals surface area contributed by atoms with E-state index in [-0.39, 0.29) is 16.4 Å². The summed E-state index contributed by atoms with van der Waals surface area (Å²) in [6.45, 7) is 0. The average Bonchev–Trinajstić information content (AvgIpc) is 2.22. The molecule has 0 saturated heterocycles. The van der Waals surface area contributed by atoms with Gasteiger partial charge in [-0.25, -0.2) is 4.79 Å². The number of hydrogen-bond donors (Lipinski definition) is 1. The van der Waals surface area contributed by atoms with Crippen molar-refractivity contribution < 1.29 is 22.4 Å². The largest absolute Gasteiger partial charge is 0.413 e. The number of carbonyl (C=O) groups excluding carboxylic acids is 1. The predicted molar refractivity (Wildman–Crippen MR) is 47.4 cm³/mol. The molecule has 0 aliphatic carbocycles. The molecule has 0 saturated carbocycles. The van der Waals surface area contributed by atoms with Crippen LogP contribution in [0.25, 0.3) is 0 Å². The molecular formula is C9H6F4N2O. The minimum atomic E-state index is -4.65. The van der Waals surface area contributed by atoms with Gasteiger partial charge in [0.1, 0.15) is 0 Å². The van der Waals surface area contributed by atoms with Crippen LogP contribution in [0.5, 0.6) is 0 Å². The zero-order valence-corrected chi connectivity index (χ0v) is 7.75. The minimum absolute atomic E-state index is 0.308. The molecule has 7 heteroatoms. The molecule has 1 unspecified atom stereocenters. The third kappa shape index (κ3) is 1.58. The summed E-state index contributed by atoms with van der Waals surface area (Å²) in [5.74, 6) is 0. The fourth-order valence-corrected chi connectivity index (χ4v) is 1.54. The average molecular weight is 234 g/mol. The van der Waals surface area contributed by atoms with E-state index < -0.39 is 18.2 Å².